The van der Waals surface area contributed by atoms with E-state index in [0.717, 1.165) is 0 Å². The molecule has 14 heavy (non-hydrogen) atoms. The van der Waals surface area contributed by atoms with Gasteiger partial charge >= 0.3 is 12.1 Å². The molecule has 82 valence electrons. The Bertz CT molecular complexity index is 208. The molecule has 0 radical (unpaired) electrons. The second kappa shape index (κ2) is 6.48. The van der Waals surface area contributed by atoms with E-state index in [0.29, 0.717) is 0 Å². The second-order valence-electron chi connectivity index (χ2n) is 3.03. The van der Waals surface area contributed by atoms with Gasteiger partial charge in [-0.05, 0) is 5.92 Å². The first kappa shape index (κ1) is 13.0. The molecule has 0 fully saturated rings. The molecule has 1 amide bonds. The van der Waals surface area contributed by atoms with Crippen LogP contribution in [0.25, 0.3) is 0 Å². The first-order chi connectivity index (χ1) is 6.49. The van der Waals surface area contributed by atoms with Crippen molar-refractivity contribution in [1.82, 2.24) is 5.32 Å². The standard InChI is InChI=1S/C8H14ClNO4/c1-5(2)6(7(11)12)10-8(13)14-4-3-9/h5-6H,3-4H2,1-2H3,(H,10,13)(H,11,12)/t6-/m0/s1. The number of rotatable bonds is 5. The summed E-state index contributed by atoms with van der Waals surface area (Å²) in [4.78, 5) is 21.6. The third-order valence-electron chi connectivity index (χ3n) is 1.52. The fourth-order valence-corrected chi connectivity index (χ4v) is 0.891. The van der Waals surface area contributed by atoms with E-state index < -0.39 is 18.1 Å². The zero-order valence-electron chi connectivity index (χ0n) is 8.12. The van der Waals surface area contributed by atoms with E-state index >= 15 is 0 Å². The highest BCUT2D eigenvalue weighted by Gasteiger charge is 2.23. The Kier molecular flexibility index (Phi) is 6.03. The SMILES string of the molecule is CC(C)[C@H](NC(=O)OCCCl)C(=O)O. The summed E-state index contributed by atoms with van der Waals surface area (Å²) in [7, 11) is 0. The number of hydrogen-bond acceptors (Lipinski definition) is 3. The number of carboxylic acids is 1. The van der Waals surface area contributed by atoms with Crippen LogP contribution in [0.2, 0.25) is 0 Å². The van der Waals surface area contributed by atoms with Crippen molar-refractivity contribution in [2.45, 2.75) is 19.9 Å². The van der Waals surface area contributed by atoms with Crippen LogP contribution in [0.15, 0.2) is 0 Å². The number of nitrogens with one attached hydrogen (secondary N) is 1. The van der Waals surface area contributed by atoms with Crippen molar-refractivity contribution in [2.24, 2.45) is 5.92 Å². The van der Waals surface area contributed by atoms with Crippen LogP contribution in [-0.2, 0) is 9.53 Å². The molecule has 5 nitrogen and oxygen atoms in total. The lowest BCUT2D eigenvalue weighted by Gasteiger charge is -2.17. The van der Waals surface area contributed by atoms with Crippen molar-refractivity contribution in [3.63, 3.8) is 0 Å². The molecule has 0 heterocycles. The molecule has 0 unspecified atom stereocenters. The van der Waals surface area contributed by atoms with Gasteiger partial charge < -0.3 is 15.2 Å². The van der Waals surface area contributed by atoms with Gasteiger partial charge in [0.15, 0.2) is 0 Å². The Hall–Kier alpha value is -0.970. The minimum Gasteiger partial charge on any atom is -0.480 e. The summed E-state index contributed by atoms with van der Waals surface area (Å²) in [5, 5.41) is 11.0. The molecule has 0 spiro atoms. The second-order valence-corrected chi connectivity index (χ2v) is 3.41. The number of amides is 1. The Morgan fingerprint density at radius 2 is 2.07 bits per heavy atom. The summed E-state index contributed by atoms with van der Waals surface area (Å²) < 4.78 is 4.58. The van der Waals surface area contributed by atoms with Gasteiger partial charge in [0.05, 0.1) is 5.88 Å². The van der Waals surface area contributed by atoms with Crippen molar-refractivity contribution in [3.8, 4) is 0 Å². The van der Waals surface area contributed by atoms with Crippen LogP contribution in [0, 0.1) is 5.92 Å². The third-order valence-corrected chi connectivity index (χ3v) is 1.67. The maximum absolute atomic E-state index is 11.0. The highest BCUT2D eigenvalue weighted by atomic mass is 35.5. The van der Waals surface area contributed by atoms with E-state index in [9.17, 15) is 9.59 Å². The molecule has 0 aliphatic heterocycles. The number of halogens is 1. The molecular weight excluding hydrogens is 210 g/mol. The molecular formula is C8H14ClNO4. The summed E-state index contributed by atoms with van der Waals surface area (Å²) in [6.45, 7) is 3.46. The predicted molar refractivity (Wildman–Crippen MR) is 51.5 cm³/mol. The van der Waals surface area contributed by atoms with Gasteiger partial charge in [0.25, 0.3) is 0 Å². The molecule has 0 bridgehead atoms. The van der Waals surface area contributed by atoms with Crippen LogP contribution in [0.4, 0.5) is 4.79 Å². The normalized spacial score (nSPS) is 12.3. The van der Waals surface area contributed by atoms with Crippen LogP contribution in [-0.4, -0.2) is 35.7 Å². The molecule has 0 aromatic rings. The number of alkyl carbamates (subject to hydrolysis) is 1. The van der Waals surface area contributed by atoms with Crippen molar-refractivity contribution >= 4 is 23.7 Å². The monoisotopic (exact) mass is 223 g/mol. The van der Waals surface area contributed by atoms with Gasteiger partial charge in [-0.2, -0.15) is 0 Å². The van der Waals surface area contributed by atoms with Gasteiger partial charge in [0.1, 0.15) is 12.6 Å². The van der Waals surface area contributed by atoms with E-state index in [4.69, 9.17) is 16.7 Å². The fraction of sp³-hybridized carbons (Fsp3) is 0.750. The summed E-state index contributed by atoms with van der Waals surface area (Å²) in [5.41, 5.74) is 0. The summed E-state index contributed by atoms with van der Waals surface area (Å²) in [6.07, 6.45) is -0.758. The maximum atomic E-state index is 11.0. The number of alkyl halides is 1. The van der Waals surface area contributed by atoms with Gasteiger partial charge in [0, 0.05) is 0 Å². The lowest BCUT2D eigenvalue weighted by atomic mass is 10.1. The highest BCUT2D eigenvalue weighted by Crippen LogP contribution is 2.01. The number of ether oxygens (including phenoxy) is 1. The van der Waals surface area contributed by atoms with Gasteiger partial charge in [-0.25, -0.2) is 9.59 Å². The minimum absolute atomic E-state index is 0.0673. The Morgan fingerprint density at radius 3 is 2.43 bits per heavy atom. The Balaban J connectivity index is 4.04. The molecule has 2 N–H and O–H groups in total. The maximum Gasteiger partial charge on any atom is 0.407 e. The van der Waals surface area contributed by atoms with Gasteiger partial charge in [-0.3, -0.25) is 0 Å². The number of carbonyl (C=O) groups is 2. The molecule has 1 atom stereocenters. The van der Waals surface area contributed by atoms with Crippen molar-refractivity contribution in [2.75, 3.05) is 12.5 Å². The van der Waals surface area contributed by atoms with Gasteiger partial charge in [-0.15, -0.1) is 11.6 Å². The first-order valence-electron chi connectivity index (χ1n) is 4.21. The Labute approximate surface area is 87.4 Å². The quantitative estimate of drug-likeness (QED) is 0.684. The fourth-order valence-electron chi connectivity index (χ4n) is 0.813. The van der Waals surface area contributed by atoms with E-state index in [1.165, 1.54) is 0 Å². The molecule has 0 aromatic carbocycles. The smallest absolute Gasteiger partial charge is 0.407 e. The van der Waals surface area contributed by atoms with Crippen molar-refractivity contribution < 1.29 is 19.4 Å². The van der Waals surface area contributed by atoms with E-state index in [1.54, 1.807) is 13.8 Å². The van der Waals surface area contributed by atoms with Gasteiger partial charge in [-0.1, -0.05) is 13.8 Å². The van der Waals surface area contributed by atoms with Crippen LogP contribution >= 0.6 is 11.6 Å². The molecule has 6 heteroatoms. The number of carboxylic acid groups (broad SMARTS) is 1. The predicted octanol–water partition coefficient (Wildman–Crippen LogP) is 1.06. The average molecular weight is 224 g/mol. The van der Waals surface area contributed by atoms with Crippen LogP contribution in [0.5, 0.6) is 0 Å². The van der Waals surface area contributed by atoms with Crippen LogP contribution < -0.4 is 5.32 Å². The van der Waals surface area contributed by atoms with Crippen LogP contribution in [0.1, 0.15) is 13.8 Å². The van der Waals surface area contributed by atoms with E-state index in [2.05, 4.69) is 10.1 Å². The van der Waals surface area contributed by atoms with Crippen LogP contribution in [0.3, 0.4) is 0 Å². The number of hydrogen-bond donors (Lipinski definition) is 2. The minimum atomic E-state index is -1.08. The Morgan fingerprint density at radius 1 is 1.50 bits per heavy atom. The summed E-state index contributed by atoms with van der Waals surface area (Å²) >= 11 is 5.29. The largest absolute Gasteiger partial charge is 0.480 e. The van der Waals surface area contributed by atoms with E-state index in [1.807, 2.05) is 0 Å². The molecule has 0 aliphatic rings. The molecule has 0 aromatic heterocycles. The van der Waals surface area contributed by atoms with E-state index in [-0.39, 0.29) is 18.4 Å². The first-order valence-corrected chi connectivity index (χ1v) is 4.74. The highest BCUT2D eigenvalue weighted by molar-refractivity contribution is 6.18. The summed E-state index contributed by atoms with van der Waals surface area (Å²) in [5.74, 6) is -1.09. The molecule has 0 saturated heterocycles. The van der Waals surface area contributed by atoms with Crippen molar-refractivity contribution in [3.05, 3.63) is 0 Å². The van der Waals surface area contributed by atoms with Crippen molar-refractivity contribution in [1.29, 1.82) is 0 Å². The lowest BCUT2D eigenvalue weighted by Crippen LogP contribution is -2.44. The third kappa shape index (κ3) is 4.91. The number of aliphatic carboxylic acids is 1. The molecule has 0 aliphatic carbocycles. The topological polar surface area (TPSA) is 75.6 Å². The molecule has 0 rings (SSSR count). The lowest BCUT2D eigenvalue weighted by molar-refractivity contribution is -0.140. The average Bonchev–Trinajstić information content (AvgIpc) is 2.09. The number of carbonyl (C=O) groups excluding carboxylic acids is 1. The zero-order chi connectivity index (χ0) is 11.1. The summed E-state index contributed by atoms with van der Waals surface area (Å²) in [6, 6.07) is -0.933. The molecule has 0 saturated carbocycles. The zero-order valence-corrected chi connectivity index (χ0v) is 8.87. The van der Waals surface area contributed by atoms with Gasteiger partial charge in [0.2, 0.25) is 0 Å².